The topological polar surface area (TPSA) is 45.5 Å². The molecule has 0 radical (unpaired) electrons. The van der Waals surface area contributed by atoms with E-state index < -0.39 is 0 Å². The van der Waals surface area contributed by atoms with Crippen LogP contribution in [0.15, 0.2) is 71.3 Å². The van der Waals surface area contributed by atoms with Crippen molar-refractivity contribution in [2.75, 3.05) is 13.1 Å². The molecule has 0 unspecified atom stereocenters. The van der Waals surface area contributed by atoms with E-state index in [2.05, 4.69) is 34.5 Å². The summed E-state index contributed by atoms with van der Waals surface area (Å²) in [5.41, 5.74) is 3.21. The molecular formula is C22H21ClN2O2. The summed E-state index contributed by atoms with van der Waals surface area (Å²) in [5, 5.41) is 3.48. The van der Waals surface area contributed by atoms with E-state index in [0.717, 1.165) is 25.3 Å². The lowest BCUT2D eigenvalue weighted by atomic mass is 9.98. The summed E-state index contributed by atoms with van der Waals surface area (Å²) >= 11 is 6.15. The first-order valence-electron chi connectivity index (χ1n) is 9.09. The third-order valence-electron chi connectivity index (χ3n) is 5.05. The maximum Gasteiger partial charge on any atom is 0.252 e. The maximum atomic E-state index is 12.6. The highest BCUT2D eigenvalue weighted by atomic mass is 35.5. The first-order chi connectivity index (χ1) is 13.2. The molecule has 1 aromatic heterocycles. The molecule has 3 aromatic rings. The highest BCUT2D eigenvalue weighted by molar-refractivity contribution is 6.33. The molecule has 1 aliphatic heterocycles. The van der Waals surface area contributed by atoms with E-state index in [0.29, 0.717) is 17.1 Å². The van der Waals surface area contributed by atoms with Crippen LogP contribution >= 0.6 is 11.6 Å². The third kappa shape index (κ3) is 3.92. The predicted molar refractivity (Wildman–Crippen MR) is 106 cm³/mol. The fraction of sp³-hybridized carbons (Fsp3) is 0.227. The average molecular weight is 381 g/mol. The van der Waals surface area contributed by atoms with E-state index in [4.69, 9.17) is 16.0 Å². The van der Waals surface area contributed by atoms with Crippen molar-refractivity contribution in [2.45, 2.75) is 19.0 Å². The van der Waals surface area contributed by atoms with Crippen molar-refractivity contribution < 1.29 is 9.21 Å². The molecule has 5 heteroatoms. The van der Waals surface area contributed by atoms with E-state index in [1.54, 1.807) is 18.4 Å². The van der Waals surface area contributed by atoms with Crippen LogP contribution in [0, 0.1) is 0 Å². The molecule has 138 valence electrons. The van der Waals surface area contributed by atoms with Crippen LogP contribution < -0.4 is 5.32 Å². The van der Waals surface area contributed by atoms with Crippen LogP contribution in [-0.2, 0) is 13.0 Å². The number of fused-ring (bicyclic) bond motifs is 1. The summed E-state index contributed by atoms with van der Waals surface area (Å²) in [6.07, 6.45) is 2.67. The van der Waals surface area contributed by atoms with Crippen LogP contribution in [0.2, 0.25) is 5.02 Å². The second kappa shape index (κ2) is 7.99. The summed E-state index contributed by atoms with van der Waals surface area (Å²) < 4.78 is 5.68. The average Bonchev–Trinajstić information content (AvgIpc) is 3.23. The van der Waals surface area contributed by atoms with Crippen molar-refractivity contribution in [3.05, 3.63) is 94.4 Å². The standard InChI is InChI=1S/C22H21ClN2O2/c23-19-9-4-3-8-18(19)22(26)24-14-20(21-10-5-13-27-21)25-12-11-16-6-1-2-7-17(16)15-25/h1-10,13,20H,11-12,14-15H2,(H,24,26)/t20-/m0/s1. The number of hydrogen-bond donors (Lipinski definition) is 1. The smallest absolute Gasteiger partial charge is 0.252 e. The number of benzene rings is 2. The number of rotatable bonds is 5. The fourth-order valence-electron chi connectivity index (χ4n) is 3.60. The Bertz CT molecular complexity index is 924. The number of furan rings is 1. The van der Waals surface area contributed by atoms with Crippen LogP contribution in [-0.4, -0.2) is 23.9 Å². The zero-order valence-corrected chi connectivity index (χ0v) is 15.7. The van der Waals surface area contributed by atoms with E-state index in [9.17, 15) is 4.79 Å². The second-order valence-corrected chi connectivity index (χ2v) is 7.12. The lowest BCUT2D eigenvalue weighted by molar-refractivity contribution is 0.0919. The van der Waals surface area contributed by atoms with Crippen molar-refractivity contribution in [1.29, 1.82) is 0 Å². The van der Waals surface area contributed by atoms with Gasteiger partial charge in [0.2, 0.25) is 0 Å². The molecule has 0 aliphatic carbocycles. The highest BCUT2D eigenvalue weighted by Gasteiger charge is 2.27. The number of halogens is 1. The van der Waals surface area contributed by atoms with Gasteiger partial charge in [-0.05, 0) is 41.8 Å². The van der Waals surface area contributed by atoms with Gasteiger partial charge in [0.05, 0.1) is 22.9 Å². The Labute approximate surface area is 163 Å². The Morgan fingerprint density at radius 1 is 1.07 bits per heavy atom. The van der Waals surface area contributed by atoms with Crippen molar-refractivity contribution in [1.82, 2.24) is 10.2 Å². The molecule has 0 bridgehead atoms. The Hall–Kier alpha value is -2.56. The molecule has 2 heterocycles. The molecule has 4 rings (SSSR count). The molecular weight excluding hydrogens is 360 g/mol. The number of hydrogen-bond acceptors (Lipinski definition) is 3. The number of nitrogens with zero attached hydrogens (tertiary/aromatic N) is 1. The van der Waals surface area contributed by atoms with Crippen LogP contribution in [0.5, 0.6) is 0 Å². The van der Waals surface area contributed by atoms with Gasteiger partial charge in [-0.3, -0.25) is 9.69 Å². The summed E-state index contributed by atoms with van der Waals surface area (Å²) in [7, 11) is 0. The SMILES string of the molecule is O=C(NC[C@@H](c1ccco1)N1CCc2ccccc2C1)c1ccccc1Cl. The van der Waals surface area contributed by atoms with Crippen molar-refractivity contribution >= 4 is 17.5 Å². The monoisotopic (exact) mass is 380 g/mol. The first-order valence-corrected chi connectivity index (χ1v) is 9.47. The zero-order chi connectivity index (χ0) is 18.6. The number of carbonyl (C=O) groups is 1. The summed E-state index contributed by atoms with van der Waals surface area (Å²) in [6.45, 7) is 2.22. The van der Waals surface area contributed by atoms with E-state index >= 15 is 0 Å². The van der Waals surface area contributed by atoms with Gasteiger partial charge in [-0.15, -0.1) is 0 Å². The van der Waals surface area contributed by atoms with Gasteiger partial charge >= 0.3 is 0 Å². The van der Waals surface area contributed by atoms with Crippen LogP contribution in [0.4, 0.5) is 0 Å². The maximum absolute atomic E-state index is 12.6. The minimum Gasteiger partial charge on any atom is -0.468 e. The van der Waals surface area contributed by atoms with E-state index in [1.807, 2.05) is 24.3 Å². The molecule has 0 saturated heterocycles. The van der Waals surface area contributed by atoms with Crippen molar-refractivity contribution in [3.8, 4) is 0 Å². The highest BCUT2D eigenvalue weighted by Crippen LogP contribution is 2.28. The van der Waals surface area contributed by atoms with Crippen LogP contribution in [0.1, 0.15) is 33.3 Å². The zero-order valence-electron chi connectivity index (χ0n) is 14.9. The predicted octanol–water partition coefficient (Wildman–Crippen LogP) is 4.46. The van der Waals surface area contributed by atoms with Crippen molar-refractivity contribution in [3.63, 3.8) is 0 Å². The van der Waals surface area contributed by atoms with E-state index in [-0.39, 0.29) is 11.9 Å². The molecule has 0 fully saturated rings. The molecule has 27 heavy (non-hydrogen) atoms. The minimum absolute atomic E-state index is 0.0280. The summed E-state index contributed by atoms with van der Waals surface area (Å²) in [4.78, 5) is 14.9. The van der Waals surface area contributed by atoms with E-state index in [1.165, 1.54) is 11.1 Å². The molecule has 0 spiro atoms. The molecule has 1 N–H and O–H groups in total. The summed E-state index contributed by atoms with van der Waals surface area (Å²) in [6, 6.07) is 19.4. The van der Waals surface area contributed by atoms with Gasteiger partial charge in [-0.1, -0.05) is 48.0 Å². The summed E-state index contributed by atoms with van der Waals surface area (Å²) in [5.74, 6) is 0.684. The fourth-order valence-corrected chi connectivity index (χ4v) is 3.83. The van der Waals surface area contributed by atoms with Gasteiger partial charge in [0.15, 0.2) is 0 Å². The Morgan fingerprint density at radius 3 is 2.63 bits per heavy atom. The molecule has 2 aromatic carbocycles. The number of carbonyl (C=O) groups excluding carboxylic acids is 1. The van der Waals surface area contributed by atoms with Gasteiger partial charge in [0.1, 0.15) is 5.76 Å². The van der Waals surface area contributed by atoms with Gasteiger partial charge < -0.3 is 9.73 Å². The number of nitrogens with one attached hydrogen (secondary N) is 1. The first kappa shape index (κ1) is 17.8. The molecule has 0 saturated carbocycles. The molecule has 4 nitrogen and oxygen atoms in total. The Morgan fingerprint density at radius 2 is 1.85 bits per heavy atom. The quantitative estimate of drug-likeness (QED) is 0.710. The van der Waals surface area contributed by atoms with Gasteiger partial charge in [0.25, 0.3) is 5.91 Å². The lowest BCUT2D eigenvalue weighted by Gasteiger charge is -2.34. The third-order valence-corrected chi connectivity index (χ3v) is 5.38. The minimum atomic E-state index is -0.172. The normalized spacial score (nSPS) is 15.1. The van der Waals surface area contributed by atoms with Gasteiger partial charge in [0, 0.05) is 19.6 Å². The number of amides is 1. The molecule has 1 aliphatic rings. The molecule has 1 atom stereocenters. The van der Waals surface area contributed by atoms with Gasteiger partial charge in [-0.25, -0.2) is 0 Å². The second-order valence-electron chi connectivity index (χ2n) is 6.71. The largest absolute Gasteiger partial charge is 0.468 e. The van der Waals surface area contributed by atoms with Crippen molar-refractivity contribution in [2.24, 2.45) is 0 Å². The molecule has 1 amide bonds. The Kier molecular flexibility index (Phi) is 5.28. The van der Waals surface area contributed by atoms with Crippen LogP contribution in [0.3, 0.4) is 0 Å². The van der Waals surface area contributed by atoms with Gasteiger partial charge in [-0.2, -0.15) is 0 Å². The Balaban J connectivity index is 1.51. The van der Waals surface area contributed by atoms with Crippen LogP contribution in [0.25, 0.3) is 0 Å². The lowest BCUT2D eigenvalue weighted by Crippen LogP contribution is -2.40.